The Morgan fingerprint density at radius 2 is 2.04 bits per heavy atom. The number of hydrogen-bond donors (Lipinski definition) is 1. The van der Waals surface area contributed by atoms with E-state index in [9.17, 15) is 15.2 Å². The second-order valence-electron chi connectivity index (χ2n) is 6.74. The van der Waals surface area contributed by atoms with E-state index in [0.29, 0.717) is 5.69 Å². The van der Waals surface area contributed by atoms with E-state index in [1.54, 1.807) is 19.1 Å². The highest BCUT2D eigenvalue weighted by molar-refractivity contribution is 5.42. The topological polar surface area (TPSA) is 88.1 Å². The van der Waals surface area contributed by atoms with Crippen molar-refractivity contribution in [2.24, 2.45) is 10.2 Å². The van der Waals surface area contributed by atoms with E-state index in [4.69, 9.17) is 0 Å². The molecule has 0 aliphatic heterocycles. The van der Waals surface area contributed by atoms with Gasteiger partial charge in [0.25, 0.3) is 0 Å². The van der Waals surface area contributed by atoms with Crippen LogP contribution in [0.1, 0.15) is 33.3 Å². The normalized spacial score (nSPS) is 24.7. The summed E-state index contributed by atoms with van der Waals surface area (Å²) in [6, 6.07) is 6.49. The molecule has 1 aromatic carbocycles. The molecule has 23 heavy (non-hydrogen) atoms. The predicted octanol–water partition coefficient (Wildman–Crippen LogP) is 3.92. The van der Waals surface area contributed by atoms with Crippen LogP contribution < -0.4 is 0 Å². The fourth-order valence-corrected chi connectivity index (χ4v) is 2.23. The van der Waals surface area contributed by atoms with Gasteiger partial charge in [-0.3, -0.25) is 10.1 Å². The summed E-state index contributed by atoms with van der Waals surface area (Å²) in [4.78, 5) is 10.4. The van der Waals surface area contributed by atoms with Gasteiger partial charge in [0, 0.05) is 6.08 Å². The quantitative estimate of drug-likeness (QED) is 0.397. The third-order valence-corrected chi connectivity index (χ3v) is 3.75. The van der Waals surface area contributed by atoms with Crippen LogP contribution in [0.25, 0.3) is 0 Å². The Bertz CT molecular complexity index is 701. The Hall–Kier alpha value is -2.34. The summed E-state index contributed by atoms with van der Waals surface area (Å²) in [6.07, 6.45) is 4.20. The molecule has 1 aliphatic rings. The number of rotatable bonds is 3. The van der Waals surface area contributed by atoms with Gasteiger partial charge >= 0.3 is 5.72 Å². The molecule has 0 radical (unpaired) electrons. The summed E-state index contributed by atoms with van der Waals surface area (Å²) in [5, 5.41) is 29.5. The zero-order valence-electron chi connectivity index (χ0n) is 13.7. The van der Waals surface area contributed by atoms with Crippen molar-refractivity contribution in [1.82, 2.24) is 0 Å². The summed E-state index contributed by atoms with van der Waals surface area (Å²) in [5.74, 6) is 0. The van der Waals surface area contributed by atoms with Crippen molar-refractivity contribution in [3.05, 3.63) is 63.7 Å². The molecule has 6 heteroatoms. The lowest BCUT2D eigenvalue weighted by atomic mass is 9.87. The fraction of sp³-hybridized carbons (Fsp3) is 0.412. The molecule has 2 atom stereocenters. The highest BCUT2D eigenvalue weighted by Gasteiger charge is 2.47. The molecule has 1 aliphatic carbocycles. The van der Waals surface area contributed by atoms with Gasteiger partial charge in [0.15, 0.2) is 6.04 Å². The van der Waals surface area contributed by atoms with E-state index in [1.165, 1.54) is 6.08 Å². The molecule has 6 nitrogen and oxygen atoms in total. The molecular formula is C17H21N3O3. The van der Waals surface area contributed by atoms with Gasteiger partial charge in [-0.05, 0) is 36.1 Å². The van der Waals surface area contributed by atoms with Gasteiger partial charge in [-0.2, -0.15) is 10.2 Å². The Morgan fingerprint density at radius 1 is 1.35 bits per heavy atom. The van der Waals surface area contributed by atoms with Gasteiger partial charge in [-0.1, -0.05) is 44.6 Å². The summed E-state index contributed by atoms with van der Waals surface area (Å²) in [5.41, 5.74) is 0.198. The lowest BCUT2D eigenvalue weighted by molar-refractivity contribution is -0.609. The standard InChI is InChI=1S/C17H21N3O3/c1-12-8-9-17(21,20(22)23)15(10-12)19-18-14-7-5-6-13(11-14)16(2,3)4/h5-11,15,21H,1-4H3. The largest absolute Gasteiger partial charge is 0.370 e. The van der Waals surface area contributed by atoms with Gasteiger partial charge in [0.1, 0.15) is 0 Å². The summed E-state index contributed by atoms with van der Waals surface area (Å²) in [6.45, 7) is 8.06. The summed E-state index contributed by atoms with van der Waals surface area (Å²) < 4.78 is 0. The Labute approximate surface area is 135 Å². The Kier molecular flexibility index (Phi) is 4.47. The lowest BCUT2D eigenvalue weighted by Crippen LogP contribution is -2.47. The highest BCUT2D eigenvalue weighted by atomic mass is 16.7. The van der Waals surface area contributed by atoms with Crippen molar-refractivity contribution in [2.45, 2.75) is 44.9 Å². The first-order chi connectivity index (χ1) is 10.6. The highest BCUT2D eigenvalue weighted by Crippen LogP contribution is 2.28. The monoisotopic (exact) mass is 315 g/mol. The number of benzene rings is 1. The average Bonchev–Trinajstić information content (AvgIpc) is 2.47. The van der Waals surface area contributed by atoms with Crippen LogP contribution in [-0.2, 0) is 5.41 Å². The summed E-state index contributed by atoms with van der Waals surface area (Å²) in [7, 11) is 0. The maximum Gasteiger partial charge on any atom is 0.370 e. The third kappa shape index (κ3) is 3.71. The van der Waals surface area contributed by atoms with Crippen molar-refractivity contribution >= 4 is 5.69 Å². The smallest absolute Gasteiger partial charge is 0.325 e. The van der Waals surface area contributed by atoms with E-state index in [-0.39, 0.29) is 5.41 Å². The van der Waals surface area contributed by atoms with E-state index in [0.717, 1.165) is 17.2 Å². The molecule has 0 fully saturated rings. The lowest BCUT2D eigenvalue weighted by Gasteiger charge is -2.22. The maximum atomic E-state index is 11.2. The van der Waals surface area contributed by atoms with Crippen LogP contribution in [0.15, 0.2) is 58.3 Å². The number of aliphatic hydroxyl groups is 1. The zero-order chi connectivity index (χ0) is 17.3. The van der Waals surface area contributed by atoms with Crippen LogP contribution in [0.2, 0.25) is 0 Å². The van der Waals surface area contributed by atoms with E-state index in [1.807, 2.05) is 18.2 Å². The molecular weight excluding hydrogens is 294 g/mol. The van der Waals surface area contributed by atoms with Gasteiger partial charge < -0.3 is 5.11 Å². The first-order valence-corrected chi connectivity index (χ1v) is 7.39. The van der Waals surface area contributed by atoms with Gasteiger partial charge in [0.2, 0.25) is 0 Å². The van der Waals surface area contributed by atoms with Gasteiger partial charge in [-0.15, -0.1) is 0 Å². The van der Waals surface area contributed by atoms with Crippen LogP contribution in [0.4, 0.5) is 5.69 Å². The summed E-state index contributed by atoms with van der Waals surface area (Å²) >= 11 is 0. The second-order valence-corrected chi connectivity index (χ2v) is 6.74. The Morgan fingerprint density at radius 3 is 2.65 bits per heavy atom. The number of nitro groups is 1. The van der Waals surface area contributed by atoms with E-state index >= 15 is 0 Å². The fourth-order valence-electron chi connectivity index (χ4n) is 2.23. The van der Waals surface area contributed by atoms with Crippen molar-refractivity contribution in [1.29, 1.82) is 0 Å². The second kappa shape index (κ2) is 6.04. The van der Waals surface area contributed by atoms with E-state index in [2.05, 4.69) is 31.0 Å². The van der Waals surface area contributed by atoms with E-state index < -0.39 is 16.7 Å². The number of nitrogens with zero attached hydrogens (tertiary/aromatic N) is 3. The third-order valence-electron chi connectivity index (χ3n) is 3.75. The molecule has 0 spiro atoms. The number of allylic oxidation sites excluding steroid dienone is 2. The van der Waals surface area contributed by atoms with Crippen LogP contribution >= 0.6 is 0 Å². The molecule has 0 aromatic heterocycles. The molecule has 122 valence electrons. The Balaban J connectivity index is 2.32. The van der Waals surface area contributed by atoms with Crippen molar-refractivity contribution in [3.63, 3.8) is 0 Å². The minimum absolute atomic E-state index is 0.0306. The molecule has 1 N–H and O–H groups in total. The molecule has 0 amide bonds. The van der Waals surface area contributed by atoms with Crippen LogP contribution in [0.3, 0.4) is 0 Å². The average molecular weight is 315 g/mol. The minimum Gasteiger partial charge on any atom is -0.325 e. The number of azo groups is 1. The molecule has 0 saturated heterocycles. The molecule has 0 bridgehead atoms. The number of hydrogen-bond acceptors (Lipinski definition) is 5. The molecule has 0 saturated carbocycles. The first kappa shape index (κ1) is 17.0. The van der Waals surface area contributed by atoms with Crippen LogP contribution in [0.5, 0.6) is 0 Å². The predicted molar refractivity (Wildman–Crippen MR) is 88.3 cm³/mol. The molecule has 0 heterocycles. The molecule has 2 rings (SSSR count). The van der Waals surface area contributed by atoms with Crippen LogP contribution in [0, 0.1) is 10.1 Å². The SMILES string of the molecule is CC1=CC(N=Nc2cccc(C(C)(C)C)c2)C(O)([N+](=O)[O-])C=C1. The van der Waals surface area contributed by atoms with Gasteiger partial charge in [0.05, 0.1) is 10.6 Å². The van der Waals surface area contributed by atoms with Crippen LogP contribution in [-0.4, -0.2) is 21.8 Å². The zero-order valence-corrected chi connectivity index (χ0v) is 13.7. The first-order valence-electron chi connectivity index (χ1n) is 7.39. The molecule has 2 unspecified atom stereocenters. The van der Waals surface area contributed by atoms with Gasteiger partial charge in [-0.25, -0.2) is 0 Å². The maximum absolute atomic E-state index is 11.2. The minimum atomic E-state index is -2.26. The van der Waals surface area contributed by atoms with Crippen molar-refractivity contribution in [3.8, 4) is 0 Å². The van der Waals surface area contributed by atoms with Crippen molar-refractivity contribution in [2.75, 3.05) is 0 Å². The van der Waals surface area contributed by atoms with Crippen molar-refractivity contribution < 1.29 is 10.0 Å². The molecule has 1 aromatic rings.